The Bertz CT molecular complexity index is 8980. The van der Waals surface area contributed by atoms with Crippen LogP contribution < -0.4 is 0 Å². The van der Waals surface area contributed by atoms with Crippen LogP contribution in [0.1, 0.15) is 233 Å². The van der Waals surface area contributed by atoms with Crippen LogP contribution in [0.3, 0.4) is 0 Å². The van der Waals surface area contributed by atoms with Gasteiger partial charge in [0.1, 0.15) is 0 Å². The van der Waals surface area contributed by atoms with Crippen molar-refractivity contribution in [2.75, 3.05) is 0 Å². The van der Waals surface area contributed by atoms with Crippen molar-refractivity contribution in [3.05, 3.63) is 298 Å². The van der Waals surface area contributed by atoms with Gasteiger partial charge in [0, 0.05) is 98.8 Å². The number of nitrogens with one attached hydrogen (secondary N) is 4. The molecule has 0 saturated carbocycles. The van der Waals surface area contributed by atoms with Gasteiger partial charge < -0.3 is 19.9 Å². The second kappa shape index (κ2) is 28.8. The van der Waals surface area contributed by atoms with E-state index >= 15 is 0 Å². The lowest BCUT2D eigenvalue weighted by atomic mass is 9.78. The van der Waals surface area contributed by atoms with Crippen LogP contribution in [0.15, 0.2) is 231 Å². The monoisotopic (exact) mass is 1770 g/mol. The molecule has 10 heterocycles. The van der Waals surface area contributed by atoms with E-state index in [1.807, 2.05) is 0 Å². The highest BCUT2D eigenvalue weighted by Crippen LogP contribution is 2.54. The standard InChI is InChI=1S/C128H118N8/c1-121(2,3)77-50-73(51-78(59-77)122(4,5)6)109-93-42-46-97(129-93)113(87-41-39-71-37-35-67-28-25-29-69-38-40-86(87)108(71)105(67)69)98-47-43-94(130-98)110(74-52-79(123(7,8)9)60-80(53-74)124(10,11)12)102-64-90-92-66-104-112(76-56-83(127(19,20)21)62-84(57-76)128(22,23)24)96-45-49-100(132-96)114(88-58-72-32-26-30-68-34-36-70-31-27-33-85(88)107(70)106(68)72)99-48-44-95(131-99)111(75-54-81(125(13,14)15)61-82(55-75)126(16,17)18)103-65-91-89-63-101(109)133-117(89)115(118(90)134-102)116(119(91)135-103)120(92)136-104/h25-66,129,132,134-135H,1-24H3. The molecule has 16 bridgehead atoms. The van der Waals surface area contributed by atoms with Crippen molar-refractivity contribution in [3.8, 4) is 66.8 Å². The molecule has 0 saturated heterocycles. The summed E-state index contributed by atoms with van der Waals surface area (Å²) in [6.07, 6.45) is 9.18. The lowest BCUT2D eigenvalue weighted by molar-refractivity contribution is 0.568. The van der Waals surface area contributed by atoms with E-state index in [-0.39, 0.29) is 43.3 Å². The highest BCUT2D eigenvalue weighted by atomic mass is 14.8. The first-order valence-electron chi connectivity index (χ1n) is 48.9. The summed E-state index contributed by atoms with van der Waals surface area (Å²) in [4.78, 5) is 43.1. The minimum Gasteiger partial charge on any atom is -0.354 e. The molecule has 14 aromatic carbocycles. The maximum atomic E-state index is 6.49. The van der Waals surface area contributed by atoms with Crippen LogP contribution in [0, 0.1) is 0 Å². The van der Waals surface area contributed by atoms with Gasteiger partial charge in [0.15, 0.2) is 0 Å². The fourth-order valence-corrected chi connectivity index (χ4v) is 22.3. The summed E-state index contributed by atoms with van der Waals surface area (Å²) < 4.78 is 0. The Morgan fingerprint density at radius 2 is 0.478 bits per heavy atom. The first kappa shape index (κ1) is 84.9. The molecule has 0 aliphatic carbocycles. The maximum absolute atomic E-state index is 6.49. The van der Waals surface area contributed by atoms with E-state index in [1.165, 1.54) is 109 Å². The zero-order chi connectivity index (χ0) is 94.5. The van der Waals surface area contributed by atoms with Gasteiger partial charge in [-0.25, -0.2) is 19.9 Å². The predicted molar refractivity (Wildman–Crippen MR) is 587 cm³/mol. The molecule has 0 unspecified atom stereocenters. The third kappa shape index (κ3) is 13.4. The molecule has 8 nitrogen and oxygen atoms in total. The molecule has 136 heavy (non-hydrogen) atoms. The molecule has 0 radical (unpaired) electrons. The molecule has 2 aliphatic rings. The zero-order valence-corrected chi connectivity index (χ0v) is 83.0. The summed E-state index contributed by atoms with van der Waals surface area (Å²) in [6, 6.07) is 89.8. The number of aromatic amines is 4. The molecule has 4 N–H and O–H groups in total. The number of hydrogen-bond acceptors (Lipinski definition) is 4. The van der Waals surface area contributed by atoms with Crippen LogP contribution in [-0.2, 0) is 43.3 Å². The third-order valence-electron chi connectivity index (χ3n) is 30.2. The first-order chi connectivity index (χ1) is 64.4. The molecule has 670 valence electrons. The van der Waals surface area contributed by atoms with Gasteiger partial charge in [-0.2, -0.15) is 0 Å². The van der Waals surface area contributed by atoms with E-state index in [1.54, 1.807) is 0 Å². The Hall–Kier alpha value is -14.1. The third-order valence-corrected chi connectivity index (χ3v) is 30.2. The number of rotatable bonds is 6. The van der Waals surface area contributed by atoms with Gasteiger partial charge in [-0.15, -0.1) is 0 Å². The normalized spacial score (nSPS) is 13.7. The summed E-state index contributed by atoms with van der Waals surface area (Å²) >= 11 is 0. The molecular formula is C128H118N8. The van der Waals surface area contributed by atoms with Crippen LogP contribution in [-0.4, -0.2) is 39.9 Å². The van der Waals surface area contributed by atoms with E-state index in [0.717, 1.165) is 188 Å². The largest absolute Gasteiger partial charge is 0.354 e. The number of aromatic nitrogens is 8. The Balaban J connectivity index is 0.963. The highest BCUT2D eigenvalue weighted by Gasteiger charge is 2.34. The summed E-state index contributed by atoms with van der Waals surface area (Å²) in [5.41, 5.74) is 35.0. The average Bonchev–Trinajstić information content (AvgIpc) is 1.52. The Morgan fingerprint density at radius 1 is 0.191 bits per heavy atom. The average molecular weight is 1770 g/mol. The number of hydrogen-bond donors (Lipinski definition) is 4. The van der Waals surface area contributed by atoms with Gasteiger partial charge in [-0.05, 0) is 265 Å². The molecule has 22 aromatic rings. The Morgan fingerprint density at radius 3 is 0.846 bits per heavy atom. The lowest BCUT2D eigenvalue weighted by Gasteiger charge is -2.26. The molecule has 0 atom stereocenters. The van der Waals surface area contributed by atoms with Crippen LogP contribution in [0.25, 0.3) is 254 Å². The number of H-pyrrole nitrogens is 4. The van der Waals surface area contributed by atoms with Crippen molar-refractivity contribution in [1.29, 1.82) is 0 Å². The minimum atomic E-state index is -0.233. The van der Waals surface area contributed by atoms with Crippen LogP contribution >= 0.6 is 0 Å². The zero-order valence-electron chi connectivity index (χ0n) is 83.0. The maximum Gasteiger partial charge on any atom is 0.0818 e. The van der Waals surface area contributed by atoms with Crippen molar-refractivity contribution in [2.24, 2.45) is 0 Å². The van der Waals surface area contributed by atoms with Crippen LogP contribution in [0.2, 0.25) is 0 Å². The smallest absolute Gasteiger partial charge is 0.0818 e. The number of nitrogens with zero attached hydrogens (tertiary/aromatic N) is 4. The fraction of sp³-hybridized carbons (Fsp3) is 0.250. The summed E-state index contributed by atoms with van der Waals surface area (Å²) in [6.45, 7) is 56.4. The number of fused-ring (bicyclic) bond motifs is 14. The van der Waals surface area contributed by atoms with Crippen LogP contribution in [0.5, 0.6) is 0 Å². The van der Waals surface area contributed by atoms with E-state index < -0.39 is 0 Å². The molecular weight excluding hydrogens is 1650 g/mol. The molecule has 24 rings (SSSR count). The summed E-state index contributed by atoms with van der Waals surface area (Å²) in [5, 5.41) is 20.6. The first-order valence-corrected chi connectivity index (χ1v) is 48.9. The van der Waals surface area contributed by atoms with Crippen molar-refractivity contribution < 1.29 is 0 Å². The summed E-state index contributed by atoms with van der Waals surface area (Å²) in [7, 11) is 0. The van der Waals surface area contributed by atoms with Gasteiger partial charge in [0.2, 0.25) is 0 Å². The molecule has 0 amide bonds. The predicted octanol–water partition coefficient (Wildman–Crippen LogP) is 35.8. The Kier molecular flexibility index (Phi) is 17.9. The quantitative estimate of drug-likeness (QED) is 0.124. The van der Waals surface area contributed by atoms with Crippen molar-refractivity contribution in [2.45, 2.75) is 209 Å². The van der Waals surface area contributed by atoms with Gasteiger partial charge >= 0.3 is 0 Å². The molecule has 0 fully saturated rings. The minimum absolute atomic E-state index is 0.232. The molecule has 8 aromatic heterocycles. The second-order valence-corrected chi connectivity index (χ2v) is 47.9. The van der Waals surface area contributed by atoms with E-state index in [0.29, 0.717) is 0 Å². The highest BCUT2D eigenvalue weighted by molar-refractivity contribution is 6.40. The molecule has 8 heteroatoms. The topological polar surface area (TPSA) is 115 Å². The van der Waals surface area contributed by atoms with Gasteiger partial charge in [-0.3, -0.25) is 0 Å². The SMILES string of the molecule is CC(C)(C)c1cc(-c2c3nc(c(-c4ccc5ccc6cccc7ccc4c5c67)c4ccc([nH]4)c(-c4cc(C(C)(C)C)cc(C(C)(C)C)c4)c4cc5c6cc7[nH]c6c6c8nc(cc8c8cc2[nH]c8c6c5n4)c(-c2cc(C(C)(C)C)cc(C(C)(C)C)c2)c2ccc([nH]2)c(-c2cc4cccc5ccc6cccc2c6c54)c2nc(c7-c4cc(C(C)(C)C)cc(C(C)(C)C)c4)C=C2)C=C3)cc(C(C)(C)C)c1. The fourth-order valence-electron chi connectivity index (χ4n) is 22.3. The lowest BCUT2D eigenvalue weighted by Crippen LogP contribution is -2.16. The van der Waals surface area contributed by atoms with E-state index in [9.17, 15) is 0 Å². The van der Waals surface area contributed by atoms with Crippen molar-refractivity contribution in [1.82, 2.24) is 39.9 Å². The van der Waals surface area contributed by atoms with Crippen molar-refractivity contribution >= 4 is 187 Å². The van der Waals surface area contributed by atoms with E-state index in [2.05, 4.69) is 441 Å². The van der Waals surface area contributed by atoms with Gasteiger partial charge in [0.25, 0.3) is 0 Å². The van der Waals surface area contributed by atoms with Crippen LogP contribution in [0.4, 0.5) is 0 Å². The number of benzene rings is 14. The van der Waals surface area contributed by atoms with Gasteiger partial charge in [0.05, 0.1) is 55.9 Å². The molecule has 2 aliphatic heterocycles. The van der Waals surface area contributed by atoms with E-state index in [4.69, 9.17) is 19.9 Å². The molecule has 0 spiro atoms. The van der Waals surface area contributed by atoms with Gasteiger partial charge in [-0.1, -0.05) is 342 Å². The Labute approximate surface area is 795 Å². The summed E-state index contributed by atoms with van der Waals surface area (Å²) in [5.74, 6) is 0. The second-order valence-electron chi connectivity index (χ2n) is 47.9. The van der Waals surface area contributed by atoms with Crippen molar-refractivity contribution in [3.63, 3.8) is 0 Å².